The number of carbonyl (C=O) groups excluding carboxylic acids is 2. The Morgan fingerprint density at radius 2 is 1.57 bits per heavy atom. The molecule has 2 amide bonds. The maximum Gasteiger partial charge on any atom is 0.242 e. The molecule has 0 aromatic rings. The average molecular weight is 416 g/mol. The SMILES string of the molecule is CC(CNC(=O)C1CCCN1C(=O)C12CC3CC(CC(C3)C1)C2)CN1CCCCC1. The van der Waals surface area contributed by atoms with Gasteiger partial charge in [0.05, 0.1) is 5.41 Å². The first-order chi connectivity index (χ1) is 14.5. The molecular formula is C25H41N3O2. The standard InChI is InChI=1S/C25H41N3O2/c1-18(17-27-7-3-2-4-8-27)16-26-23(29)22-6-5-9-28(22)24(30)25-13-19-10-20(14-25)12-21(11-19)15-25/h18-22H,2-17H2,1H3,(H,26,29). The predicted molar refractivity (Wildman–Crippen MR) is 118 cm³/mol. The smallest absolute Gasteiger partial charge is 0.242 e. The molecule has 1 N–H and O–H groups in total. The second-order valence-electron chi connectivity index (χ2n) is 11.6. The van der Waals surface area contributed by atoms with Crippen molar-refractivity contribution in [2.24, 2.45) is 29.1 Å². The van der Waals surface area contributed by atoms with Crippen molar-refractivity contribution in [2.45, 2.75) is 83.6 Å². The molecule has 6 rings (SSSR count). The molecule has 2 heterocycles. The van der Waals surface area contributed by atoms with Crippen LogP contribution in [0.4, 0.5) is 0 Å². The molecule has 2 aliphatic heterocycles. The molecule has 5 nitrogen and oxygen atoms in total. The van der Waals surface area contributed by atoms with Gasteiger partial charge >= 0.3 is 0 Å². The van der Waals surface area contributed by atoms with Crippen molar-refractivity contribution in [2.75, 3.05) is 32.7 Å². The zero-order valence-corrected chi connectivity index (χ0v) is 18.9. The minimum Gasteiger partial charge on any atom is -0.354 e. The Bertz CT molecular complexity index is 621. The first kappa shape index (κ1) is 20.8. The van der Waals surface area contributed by atoms with Gasteiger partial charge in [0.25, 0.3) is 0 Å². The Morgan fingerprint density at radius 1 is 0.933 bits per heavy atom. The van der Waals surface area contributed by atoms with Crippen LogP contribution in [0.25, 0.3) is 0 Å². The number of nitrogens with one attached hydrogen (secondary N) is 1. The van der Waals surface area contributed by atoms with Gasteiger partial charge in [-0.05, 0) is 101 Å². The van der Waals surface area contributed by atoms with Crippen LogP contribution in [0, 0.1) is 29.1 Å². The van der Waals surface area contributed by atoms with Crippen LogP contribution in [0.2, 0.25) is 0 Å². The van der Waals surface area contributed by atoms with Crippen molar-refractivity contribution < 1.29 is 9.59 Å². The fourth-order valence-electron chi connectivity index (χ4n) is 8.00. The van der Waals surface area contributed by atoms with Crippen molar-refractivity contribution in [1.29, 1.82) is 0 Å². The van der Waals surface area contributed by atoms with E-state index in [4.69, 9.17) is 0 Å². The number of hydrogen-bond acceptors (Lipinski definition) is 3. The third-order valence-electron chi connectivity index (χ3n) is 8.95. The highest BCUT2D eigenvalue weighted by Gasteiger charge is 2.56. The summed E-state index contributed by atoms with van der Waals surface area (Å²) in [4.78, 5) is 31.4. The maximum atomic E-state index is 13.8. The molecule has 6 aliphatic rings. The number of amides is 2. The quantitative estimate of drug-likeness (QED) is 0.723. The Balaban J connectivity index is 1.17. The van der Waals surface area contributed by atoms with Crippen LogP contribution in [0.1, 0.15) is 77.6 Å². The van der Waals surface area contributed by atoms with Crippen molar-refractivity contribution in [3.63, 3.8) is 0 Å². The Hall–Kier alpha value is -1.10. The molecule has 5 heteroatoms. The lowest BCUT2D eigenvalue weighted by Gasteiger charge is -2.56. The summed E-state index contributed by atoms with van der Waals surface area (Å²) in [6.07, 6.45) is 13.1. The molecule has 4 aliphatic carbocycles. The number of rotatable bonds is 6. The molecule has 6 fully saturated rings. The maximum absolute atomic E-state index is 13.8. The normalized spacial score (nSPS) is 39.3. The summed E-state index contributed by atoms with van der Waals surface area (Å²) in [5.74, 6) is 3.19. The third-order valence-corrected chi connectivity index (χ3v) is 8.95. The summed E-state index contributed by atoms with van der Waals surface area (Å²) in [5, 5.41) is 3.21. The van der Waals surface area contributed by atoms with Gasteiger partial charge < -0.3 is 15.1 Å². The van der Waals surface area contributed by atoms with E-state index >= 15 is 0 Å². The van der Waals surface area contributed by atoms with Gasteiger partial charge in [-0.3, -0.25) is 9.59 Å². The highest BCUT2D eigenvalue weighted by molar-refractivity contribution is 5.91. The van der Waals surface area contributed by atoms with E-state index in [1.54, 1.807) is 0 Å². The Morgan fingerprint density at radius 3 is 2.20 bits per heavy atom. The minimum atomic E-state index is -0.229. The highest BCUT2D eigenvalue weighted by Crippen LogP contribution is 2.60. The summed E-state index contributed by atoms with van der Waals surface area (Å²) in [6, 6.07) is -0.229. The fourth-order valence-corrected chi connectivity index (χ4v) is 8.00. The van der Waals surface area contributed by atoms with Crippen molar-refractivity contribution in [3.8, 4) is 0 Å². The van der Waals surface area contributed by atoms with Crippen LogP contribution in [-0.4, -0.2) is 60.4 Å². The van der Waals surface area contributed by atoms with E-state index in [1.165, 1.54) is 51.6 Å². The Kier molecular flexibility index (Phi) is 5.85. The molecule has 2 atom stereocenters. The lowest BCUT2D eigenvalue weighted by molar-refractivity contribution is -0.160. The number of likely N-dealkylation sites (tertiary alicyclic amines) is 2. The summed E-state index contributed by atoms with van der Waals surface area (Å²) >= 11 is 0. The fraction of sp³-hybridized carbons (Fsp3) is 0.920. The van der Waals surface area contributed by atoms with E-state index in [0.717, 1.165) is 69.5 Å². The number of hydrogen-bond donors (Lipinski definition) is 1. The molecule has 0 aromatic heterocycles. The molecule has 2 saturated heterocycles. The van der Waals surface area contributed by atoms with Gasteiger partial charge in [0.1, 0.15) is 6.04 Å². The lowest BCUT2D eigenvalue weighted by atomic mass is 9.49. The first-order valence-electron chi connectivity index (χ1n) is 12.8. The van der Waals surface area contributed by atoms with Gasteiger partial charge in [-0.25, -0.2) is 0 Å². The van der Waals surface area contributed by atoms with E-state index in [0.29, 0.717) is 11.8 Å². The number of carbonyl (C=O) groups is 2. The zero-order valence-electron chi connectivity index (χ0n) is 18.9. The van der Waals surface area contributed by atoms with Crippen molar-refractivity contribution in [3.05, 3.63) is 0 Å². The molecule has 0 radical (unpaired) electrons. The third kappa shape index (κ3) is 4.03. The largest absolute Gasteiger partial charge is 0.354 e. The van der Waals surface area contributed by atoms with Crippen LogP contribution < -0.4 is 5.32 Å². The second kappa shape index (κ2) is 8.44. The topological polar surface area (TPSA) is 52.7 Å². The van der Waals surface area contributed by atoms with Crippen LogP contribution in [0.3, 0.4) is 0 Å². The molecule has 2 unspecified atom stereocenters. The van der Waals surface area contributed by atoms with Gasteiger partial charge in [0.2, 0.25) is 11.8 Å². The molecule has 30 heavy (non-hydrogen) atoms. The molecule has 0 aromatic carbocycles. The number of piperidine rings is 1. The molecule has 168 valence electrons. The van der Waals surface area contributed by atoms with E-state index in [9.17, 15) is 9.59 Å². The van der Waals surface area contributed by atoms with Crippen molar-refractivity contribution in [1.82, 2.24) is 15.1 Å². The van der Waals surface area contributed by atoms with Gasteiger partial charge in [0.15, 0.2) is 0 Å². The molecule has 4 bridgehead atoms. The van der Waals surface area contributed by atoms with Gasteiger partial charge in [0, 0.05) is 19.6 Å². The summed E-state index contributed by atoms with van der Waals surface area (Å²) < 4.78 is 0. The number of nitrogens with zero attached hydrogens (tertiary/aromatic N) is 2. The summed E-state index contributed by atoms with van der Waals surface area (Å²) in [6.45, 7) is 7.22. The Labute approximate surface area is 182 Å². The first-order valence-corrected chi connectivity index (χ1v) is 12.8. The second-order valence-corrected chi connectivity index (χ2v) is 11.6. The van der Waals surface area contributed by atoms with Crippen LogP contribution in [0.15, 0.2) is 0 Å². The molecule has 0 spiro atoms. The lowest BCUT2D eigenvalue weighted by Crippen LogP contribution is -2.57. The van der Waals surface area contributed by atoms with Gasteiger partial charge in [-0.1, -0.05) is 13.3 Å². The van der Waals surface area contributed by atoms with Crippen LogP contribution in [0.5, 0.6) is 0 Å². The average Bonchev–Trinajstić information content (AvgIpc) is 3.21. The zero-order chi connectivity index (χ0) is 20.7. The van der Waals surface area contributed by atoms with E-state index in [-0.39, 0.29) is 17.4 Å². The minimum absolute atomic E-state index is 0.0936. The predicted octanol–water partition coefficient (Wildman–Crippen LogP) is 3.43. The molecular weight excluding hydrogens is 374 g/mol. The van der Waals surface area contributed by atoms with Crippen molar-refractivity contribution >= 4 is 11.8 Å². The van der Waals surface area contributed by atoms with Gasteiger partial charge in [-0.15, -0.1) is 0 Å². The van der Waals surface area contributed by atoms with E-state index in [1.807, 2.05) is 4.90 Å². The van der Waals surface area contributed by atoms with E-state index < -0.39 is 0 Å². The van der Waals surface area contributed by atoms with Crippen LogP contribution in [-0.2, 0) is 9.59 Å². The summed E-state index contributed by atoms with van der Waals surface area (Å²) in [7, 11) is 0. The van der Waals surface area contributed by atoms with E-state index in [2.05, 4.69) is 17.1 Å². The highest BCUT2D eigenvalue weighted by atomic mass is 16.2. The molecule has 4 saturated carbocycles. The van der Waals surface area contributed by atoms with Crippen LogP contribution >= 0.6 is 0 Å². The monoisotopic (exact) mass is 415 g/mol. The van der Waals surface area contributed by atoms with Gasteiger partial charge in [-0.2, -0.15) is 0 Å². The summed E-state index contributed by atoms with van der Waals surface area (Å²) in [5.41, 5.74) is -0.126.